The molecule has 0 radical (unpaired) electrons. The summed E-state index contributed by atoms with van der Waals surface area (Å²) in [4.78, 5) is 0.989. The largest absolute Gasteiger partial charge is 0.326 e. The highest BCUT2D eigenvalue weighted by Crippen LogP contribution is 2.36. The van der Waals surface area contributed by atoms with Crippen LogP contribution in [0.2, 0.25) is 0 Å². The molecule has 4 nitrogen and oxygen atoms in total. The van der Waals surface area contributed by atoms with Crippen LogP contribution in [0, 0.1) is 0 Å². The van der Waals surface area contributed by atoms with E-state index in [1.54, 1.807) is 12.2 Å². The summed E-state index contributed by atoms with van der Waals surface area (Å²) >= 11 is 1.42. The molecule has 0 aliphatic rings. The van der Waals surface area contributed by atoms with Crippen molar-refractivity contribution in [2.24, 2.45) is 5.73 Å². The average Bonchev–Trinajstić information content (AvgIpc) is 2.86. The molecule has 1 heterocycles. The van der Waals surface area contributed by atoms with E-state index in [1.807, 2.05) is 24.3 Å². The summed E-state index contributed by atoms with van der Waals surface area (Å²) in [5, 5.41) is 0.723. The topological polar surface area (TPSA) is 63.4 Å². The lowest BCUT2D eigenvalue weighted by Gasteiger charge is -2.19. The summed E-state index contributed by atoms with van der Waals surface area (Å²) in [5.74, 6) is 0. The number of sulfonamides is 1. The fourth-order valence-electron chi connectivity index (χ4n) is 2.18. The molecule has 0 unspecified atom stereocenters. The lowest BCUT2D eigenvalue weighted by atomic mass is 10.2. The van der Waals surface area contributed by atoms with Gasteiger partial charge in [-0.2, -0.15) is 4.31 Å². The molecular formula is C15H18N2O2S2. The van der Waals surface area contributed by atoms with Gasteiger partial charge in [-0.25, -0.2) is 8.42 Å². The number of nitrogens with two attached hydrogens (primary N) is 1. The monoisotopic (exact) mass is 322 g/mol. The number of nitrogens with zero attached hydrogens (tertiary/aromatic N) is 1. The normalized spacial score (nSPS) is 11.9. The fourth-order valence-corrected chi connectivity index (χ4v) is 5.35. The van der Waals surface area contributed by atoms with E-state index in [0.717, 1.165) is 10.1 Å². The maximum Gasteiger partial charge on any atom is 0.245 e. The van der Waals surface area contributed by atoms with Gasteiger partial charge in [-0.15, -0.1) is 24.5 Å². The van der Waals surface area contributed by atoms with E-state index in [4.69, 9.17) is 5.73 Å². The van der Waals surface area contributed by atoms with Crippen molar-refractivity contribution in [3.8, 4) is 0 Å². The lowest BCUT2D eigenvalue weighted by molar-refractivity contribution is 0.474. The number of fused-ring (bicyclic) bond motifs is 1. The van der Waals surface area contributed by atoms with Crippen molar-refractivity contribution in [2.45, 2.75) is 11.4 Å². The van der Waals surface area contributed by atoms with E-state index in [2.05, 4.69) is 13.2 Å². The minimum atomic E-state index is -3.63. The predicted octanol–water partition coefficient (Wildman–Crippen LogP) is 2.72. The second-order valence-electron chi connectivity index (χ2n) is 4.45. The Hall–Kier alpha value is -1.47. The Morgan fingerprint density at radius 3 is 2.38 bits per heavy atom. The predicted molar refractivity (Wildman–Crippen MR) is 88.9 cm³/mol. The Kier molecular flexibility index (Phi) is 4.95. The molecule has 0 spiro atoms. The van der Waals surface area contributed by atoms with Gasteiger partial charge in [-0.1, -0.05) is 30.4 Å². The highest BCUT2D eigenvalue weighted by atomic mass is 32.2. The van der Waals surface area contributed by atoms with Gasteiger partial charge in [0.1, 0.15) is 4.90 Å². The summed E-state index contributed by atoms with van der Waals surface area (Å²) in [6.07, 6.45) is 3.13. The van der Waals surface area contributed by atoms with Crippen LogP contribution in [0.4, 0.5) is 0 Å². The molecule has 0 saturated carbocycles. The molecule has 6 heteroatoms. The van der Waals surface area contributed by atoms with E-state index in [1.165, 1.54) is 15.6 Å². The molecular weight excluding hydrogens is 304 g/mol. The number of benzene rings is 1. The van der Waals surface area contributed by atoms with E-state index in [9.17, 15) is 8.42 Å². The Bertz CT molecular complexity index is 753. The van der Waals surface area contributed by atoms with Crippen LogP contribution in [0.15, 0.2) is 54.5 Å². The second kappa shape index (κ2) is 6.53. The molecule has 0 aliphatic carbocycles. The summed E-state index contributed by atoms with van der Waals surface area (Å²) in [7, 11) is -3.63. The van der Waals surface area contributed by atoms with Gasteiger partial charge in [0.2, 0.25) is 10.0 Å². The molecule has 2 rings (SSSR count). The highest BCUT2D eigenvalue weighted by Gasteiger charge is 2.28. The second-order valence-corrected chi connectivity index (χ2v) is 7.47. The molecule has 112 valence electrons. The molecule has 0 bridgehead atoms. The summed E-state index contributed by atoms with van der Waals surface area (Å²) < 4.78 is 28.2. The summed E-state index contributed by atoms with van der Waals surface area (Å²) in [6.45, 7) is 7.92. The first-order chi connectivity index (χ1) is 10.1. The van der Waals surface area contributed by atoms with Crippen LogP contribution in [0.5, 0.6) is 0 Å². The van der Waals surface area contributed by atoms with Gasteiger partial charge in [-0.05, 0) is 6.07 Å². The molecule has 0 aliphatic heterocycles. The Morgan fingerprint density at radius 1 is 1.19 bits per heavy atom. The van der Waals surface area contributed by atoms with Crippen molar-refractivity contribution in [3.63, 3.8) is 0 Å². The molecule has 0 fully saturated rings. The number of hydrogen-bond donors (Lipinski definition) is 1. The fraction of sp³-hybridized carbons (Fsp3) is 0.200. The van der Waals surface area contributed by atoms with Gasteiger partial charge in [-0.3, -0.25) is 0 Å². The van der Waals surface area contributed by atoms with Gasteiger partial charge in [0, 0.05) is 34.6 Å². The van der Waals surface area contributed by atoms with Crippen molar-refractivity contribution in [3.05, 3.63) is 54.5 Å². The first-order valence-corrected chi connectivity index (χ1v) is 8.74. The zero-order valence-corrected chi connectivity index (χ0v) is 13.3. The maximum atomic E-state index is 12.9. The van der Waals surface area contributed by atoms with Crippen molar-refractivity contribution in [1.82, 2.24) is 4.31 Å². The number of hydrogen-bond acceptors (Lipinski definition) is 4. The quantitative estimate of drug-likeness (QED) is 0.797. The van der Waals surface area contributed by atoms with E-state index < -0.39 is 10.0 Å². The summed E-state index contributed by atoms with van der Waals surface area (Å²) in [6, 6.07) is 7.45. The van der Waals surface area contributed by atoms with Crippen LogP contribution in [0.3, 0.4) is 0 Å². The third-order valence-electron chi connectivity index (χ3n) is 3.07. The van der Waals surface area contributed by atoms with E-state index >= 15 is 0 Å². The molecule has 2 aromatic rings. The van der Waals surface area contributed by atoms with Crippen LogP contribution < -0.4 is 5.73 Å². The van der Waals surface area contributed by atoms with Crippen LogP contribution in [-0.4, -0.2) is 25.8 Å². The SMILES string of the molecule is C=CCN(CC=C)S(=O)(=O)c1c(CN)sc2ccccc12. The molecule has 0 saturated heterocycles. The molecule has 2 N–H and O–H groups in total. The zero-order valence-electron chi connectivity index (χ0n) is 11.7. The molecule has 1 aromatic carbocycles. The van der Waals surface area contributed by atoms with Crippen LogP contribution in [0.1, 0.15) is 4.88 Å². The zero-order chi connectivity index (χ0) is 15.5. The first kappa shape index (κ1) is 15.9. The van der Waals surface area contributed by atoms with Gasteiger partial charge in [0.05, 0.1) is 0 Å². The van der Waals surface area contributed by atoms with E-state index in [0.29, 0.717) is 9.77 Å². The van der Waals surface area contributed by atoms with E-state index in [-0.39, 0.29) is 19.6 Å². The molecule has 21 heavy (non-hydrogen) atoms. The van der Waals surface area contributed by atoms with Crippen molar-refractivity contribution >= 4 is 31.4 Å². The van der Waals surface area contributed by atoms with Crippen LogP contribution >= 0.6 is 11.3 Å². The summed E-state index contributed by atoms with van der Waals surface area (Å²) in [5.41, 5.74) is 5.75. The average molecular weight is 322 g/mol. The minimum Gasteiger partial charge on any atom is -0.326 e. The molecule has 1 aromatic heterocycles. The Balaban J connectivity index is 2.67. The molecule has 0 atom stereocenters. The molecule has 0 amide bonds. The third-order valence-corrected chi connectivity index (χ3v) is 6.35. The Morgan fingerprint density at radius 2 is 1.81 bits per heavy atom. The maximum absolute atomic E-state index is 12.9. The third kappa shape index (κ3) is 2.94. The number of rotatable bonds is 7. The van der Waals surface area contributed by atoms with Gasteiger partial charge < -0.3 is 5.73 Å². The Labute approximate surface area is 129 Å². The van der Waals surface area contributed by atoms with Crippen molar-refractivity contribution in [2.75, 3.05) is 13.1 Å². The van der Waals surface area contributed by atoms with Crippen LogP contribution in [0.25, 0.3) is 10.1 Å². The van der Waals surface area contributed by atoms with Crippen molar-refractivity contribution in [1.29, 1.82) is 0 Å². The lowest BCUT2D eigenvalue weighted by Crippen LogP contribution is -2.32. The van der Waals surface area contributed by atoms with Gasteiger partial charge in [0.25, 0.3) is 0 Å². The van der Waals surface area contributed by atoms with Crippen molar-refractivity contribution < 1.29 is 8.42 Å². The first-order valence-electron chi connectivity index (χ1n) is 6.48. The standard InChI is InChI=1S/C15H18N2O2S2/c1-3-9-17(10-4-2)21(18,19)15-12-7-5-6-8-13(12)20-14(15)11-16/h3-8H,1-2,9-11,16H2. The van der Waals surface area contributed by atoms with Gasteiger partial charge in [0.15, 0.2) is 0 Å². The number of thiophene rings is 1. The van der Waals surface area contributed by atoms with Crippen LogP contribution in [-0.2, 0) is 16.6 Å². The minimum absolute atomic E-state index is 0.198. The van der Waals surface area contributed by atoms with Gasteiger partial charge >= 0.3 is 0 Å². The smallest absolute Gasteiger partial charge is 0.245 e. The highest BCUT2D eigenvalue weighted by molar-refractivity contribution is 7.89.